The zero-order valence-corrected chi connectivity index (χ0v) is 8.47. The van der Waals surface area contributed by atoms with E-state index < -0.39 is 0 Å². The van der Waals surface area contributed by atoms with Gasteiger partial charge in [-0.05, 0) is 13.0 Å². The van der Waals surface area contributed by atoms with Gasteiger partial charge in [0.05, 0.1) is 5.69 Å². The predicted octanol–water partition coefficient (Wildman–Crippen LogP) is 1.46. The Morgan fingerprint density at radius 3 is 3.15 bits per heavy atom. The Morgan fingerprint density at radius 2 is 2.46 bits per heavy atom. The number of aromatic nitrogens is 2. The molecule has 2 heterocycles. The fraction of sp³-hybridized carbons (Fsp3) is 0.444. The Morgan fingerprint density at radius 1 is 1.62 bits per heavy atom. The van der Waals surface area contributed by atoms with Crippen LogP contribution >= 0.6 is 11.3 Å². The zero-order chi connectivity index (χ0) is 9.26. The second kappa shape index (κ2) is 3.47. The Balaban J connectivity index is 2.44. The summed E-state index contributed by atoms with van der Waals surface area (Å²) in [6.45, 7) is 2.83. The number of fused-ring (bicyclic) bond motifs is 1. The van der Waals surface area contributed by atoms with Crippen LogP contribution in [-0.2, 0) is 12.8 Å². The molecule has 0 aliphatic carbocycles. The number of imidazole rings is 1. The molecule has 0 atom stereocenters. The minimum atomic E-state index is 0.673. The van der Waals surface area contributed by atoms with Gasteiger partial charge in [0.1, 0.15) is 0 Å². The van der Waals surface area contributed by atoms with E-state index in [-0.39, 0.29) is 0 Å². The van der Waals surface area contributed by atoms with Crippen LogP contribution in [0.1, 0.15) is 18.3 Å². The van der Waals surface area contributed by atoms with Gasteiger partial charge in [-0.2, -0.15) is 0 Å². The van der Waals surface area contributed by atoms with Gasteiger partial charge in [0.25, 0.3) is 0 Å². The van der Waals surface area contributed by atoms with Crippen LogP contribution in [0.15, 0.2) is 11.6 Å². The van der Waals surface area contributed by atoms with Crippen molar-refractivity contribution in [2.45, 2.75) is 19.8 Å². The van der Waals surface area contributed by atoms with Crippen molar-refractivity contribution in [3.05, 3.63) is 23.0 Å². The second-order valence-electron chi connectivity index (χ2n) is 3.00. The van der Waals surface area contributed by atoms with Crippen LogP contribution in [0, 0.1) is 0 Å². The molecule has 3 nitrogen and oxygen atoms in total. The van der Waals surface area contributed by atoms with Crippen molar-refractivity contribution in [2.75, 3.05) is 6.54 Å². The van der Waals surface area contributed by atoms with E-state index in [0.29, 0.717) is 6.54 Å². The van der Waals surface area contributed by atoms with Gasteiger partial charge in [-0.3, -0.25) is 4.40 Å². The molecule has 0 fully saturated rings. The number of nitrogens with zero attached hydrogens (tertiary/aromatic N) is 2. The third kappa shape index (κ3) is 1.47. The molecule has 0 aliphatic rings. The van der Waals surface area contributed by atoms with E-state index in [1.54, 1.807) is 11.3 Å². The summed E-state index contributed by atoms with van der Waals surface area (Å²) < 4.78 is 2.16. The van der Waals surface area contributed by atoms with E-state index in [9.17, 15) is 0 Å². The molecular formula is C9H13N3S. The number of rotatable bonds is 3. The number of hydrogen-bond acceptors (Lipinski definition) is 3. The minimum Gasteiger partial charge on any atom is -0.330 e. The Hall–Kier alpha value is -0.870. The quantitative estimate of drug-likeness (QED) is 0.805. The summed E-state index contributed by atoms with van der Waals surface area (Å²) in [5, 5.41) is 2.16. The molecule has 0 aliphatic heterocycles. The van der Waals surface area contributed by atoms with Crippen molar-refractivity contribution in [1.82, 2.24) is 9.38 Å². The van der Waals surface area contributed by atoms with E-state index in [1.165, 1.54) is 5.69 Å². The standard InChI is InChI=1S/C9H13N3S/c1-2-8-6-13-9-11-7(3-4-10)5-12(8)9/h5-6H,2-4,10H2,1H3. The van der Waals surface area contributed by atoms with Crippen LogP contribution in [0.3, 0.4) is 0 Å². The van der Waals surface area contributed by atoms with Crippen molar-refractivity contribution in [1.29, 1.82) is 0 Å². The molecule has 0 amide bonds. The Labute approximate surface area is 81.2 Å². The maximum Gasteiger partial charge on any atom is 0.194 e. The molecular weight excluding hydrogens is 182 g/mol. The van der Waals surface area contributed by atoms with E-state index in [2.05, 4.69) is 27.9 Å². The zero-order valence-electron chi connectivity index (χ0n) is 7.66. The van der Waals surface area contributed by atoms with Gasteiger partial charge in [-0.25, -0.2) is 4.98 Å². The number of hydrogen-bond donors (Lipinski definition) is 1. The van der Waals surface area contributed by atoms with E-state index in [1.807, 2.05) is 0 Å². The summed E-state index contributed by atoms with van der Waals surface area (Å²) in [6, 6.07) is 0. The van der Waals surface area contributed by atoms with Crippen LogP contribution < -0.4 is 5.73 Å². The molecule has 2 aromatic rings. The van der Waals surface area contributed by atoms with E-state index in [4.69, 9.17) is 5.73 Å². The fourth-order valence-corrected chi connectivity index (χ4v) is 2.37. The first-order valence-electron chi connectivity index (χ1n) is 4.49. The Kier molecular flexibility index (Phi) is 2.33. The van der Waals surface area contributed by atoms with Gasteiger partial charge in [-0.1, -0.05) is 6.92 Å². The molecule has 0 radical (unpaired) electrons. The molecule has 13 heavy (non-hydrogen) atoms. The van der Waals surface area contributed by atoms with Crippen molar-refractivity contribution >= 4 is 16.3 Å². The van der Waals surface area contributed by atoms with Crippen LogP contribution in [-0.4, -0.2) is 15.9 Å². The van der Waals surface area contributed by atoms with Gasteiger partial charge in [0, 0.05) is 23.7 Å². The van der Waals surface area contributed by atoms with Crippen molar-refractivity contribution < 1.29 is 0 Å². The van der Waals surface area contributed by atoms with Crippen molar-refractivity contribution in [2.24, 2.45) is 5.73 Å². The third-order valence-corrected chi connectivity index (χ3v) is 2.98. The molecule has 2 N–H and O–H groups in total. The number of thiazole rings is 1. The molecule has 2 rings (SSSR count). The van der Waals surface area contributed by atoms with Crippen LogP contribution in [0.5, 0.6) is 0 Å². The molecule has 2 aromatic heterocycles. The van der Waals surface area contributed by atoms with Crippen molar-refractivity contribution in [3.63, 3.8) is 0 Å². The molecule has 0 unspecified atom stereocenters. The highest BCUT2D eigenvalue weighted by Crippen LogP contribution is 2.16. The average Bonchev–Trinajstić information content (AvgIpc) is 2.63. The van der Waals surface area contributed by atoms with Gasteiger partial charge < -0.3 is 5.73 Å². The average molecular weight is 195 g/mol. The summed E-state index contributed by atoms with van der Waals surface area (Å²) in [4.78, 5) is 5.56. The first-order chi connectivity index (χ1) is 6.35. The molecule has 0 saturated carbocycles. The smallest absolute Gasteiger partial charge is 0.194 e. The second-order valence-corrected chi connectivity index (χ2v) is 3.84. The lowest BCUT2D eigenvalue weighted by molar-refractivity contribution is 0.932. The maximum absolute atomic E-state index is 5.48. The largest absolute Gasteiger partial charge is 0.330 e. The summed E-state index contributed by atoms with van der Waals surface area (Å²) in [5.74, 6) is 0. The van der Waals surface area contributed by atoms with Crippen molar-refractivity contribution in [3.8, 4) is 0 Å². The maximum atomic E-state index is 5.48. The minimum absolute atomic E-state index is 0.673. The van der Waals surface area contributed by atoms with Crippen LogP contribution in [0.25, 0.3) is 4.96 Å². The fourth-order valence-electron chi connectivity index (χ4n) is 1.40. The lowest BCUT2D eigenvalue weighted by atomic mass is 10.3. The molecule has 0 bridgehead atoms. The van der Waals surface area contributed by atoms with Gasteiger partial charge in [0.15, 0.2) is 4.96 Å². The lowest BCUT2D eigenvalue weighted by Gasteiger charge is -1.91. The van der Waals surface area contributed by atoms with E-state index >= 15 is 0 Å². The Bertz CT molecular complexity index is 402. The predicted molar refractivity (Wildman–Crippen MR) is 55.2 cm³/mol. The summed E-state index contributed by atoms with van der Waals surface area (Å²) >= 11 is 1.70. The first-order valence-corrected chi connectivity index (χ1v) is 5.37. The SMILES string of the molecule is CCc1csc2nc(CCN)cn12. The van der Waals surface area contributed by atoms with Crippen LogP contribution in [0.4, 0.5) is 0 Å². The molecule has 4 heteroatoms. The summed E-state index contributed by atoms with van der Waals surface area (Å²) in [6.07, 6.45) is 4.02. The molecule has 0 saturated heterocycles. The highest BCUT2D eigenvalue weighted by Gasteiger charge is 2.05. The third-order valence-electron chi connectivity index (χ3n) is 2.10. The first kappa shape index (κ1) is 8.72. The summed E-state index contributed by atoms with van der Waals surface area (Å²) in [7, 11) is 0. The van der Waals surface area contributed by atoms with Gasteiger partial charge >= 0.3 is 0 Å². The van der Waals surface area contributed by atoms with Crippen LogP contribution in [0.2, 0.25) is 0 Å². The van der Waals surface area contributed by atoms with Gasteiger partial charge in [0.2, 0.25) is 0 Å². The topological polar surface area (TPSA) is 43.3 Å². The monoisotopic (exact) mass is 195 g/mol. The number of aryl methyl sites for hydroxylation is 1. The number of nitrogens with two attached hydrogens (primary N) is 1. The molecule has 0 aromatic carbocycles. The highest BCUT2D eigenvalue weighted by molar-refractivity contribution is 7.15. The molecule has 70 valence electrons. The normalized spacial score (nSPS) is 11.2. The highest BCUT2D eigenvalue weighted by atomic mass is 32.1. The summed E-state index contributed by atoms with van der Waals surface area (Å²) in [5.41, 5.74) is 7.91. The van der Waals surface area contributed by atoms with E-state index in [0.717, 1.165) is 23.5 Å². The lowest BCUT2D eigenvalue weighted by Crippen LogP contribution is -2.02. The molecule has 0 spiro atoms. The van der Waals surface area contributed by atoms with Gasteiger partial charge in [-0.15, -0.1) is 11.3 Å².